The number of pyridine rings is 2. The van der Waals surface area contributed by atoms with Crippen LogP contribution in [0.5, 0.6) is 0 Å². The fourth-order valence-corrected chi connectivity index (χ4v) is 5.79. The Bertz CT molecular complexity index is 2100. The topological polar surface area (TPSA) is 35.6 Å². The highest BCUT2D eigenvalue weighted by Gasteiger charge is 2.21. The van der Waals surface area contributed by atoms with Crippen LogP contribution in [0, 0.1) is 0 Å². The van der Waals surface area contributed by atoms with Crippen LogP contribution in [-0.2, 0) is 0 Å². The zero-order valence-electron chi connectivity index (χ0n) is 20.5. The summed E-state index contributed by atoms with van der Waals surface area (Å²) < 4.78 is 4.71. The lowest BCUT2D eigenvalue weighted by atomic mass is 10.1. The molecule has 0 bridgehead atoms. The molecule has 0 fully saturated rings. The molecule has 0 aliphatic carbocycles. The van der Waals surface area contributed by atoms with Crippen molar-refractivity contribution in [2.75, 3.05) is 0 Å². The first kappa shape index (κ1) is 20.9. The van der Waals surface area contributed by atoms with Gasteiger partial charge in [-0.3, -0.25) is 9.55 Å². The standard InChI is InChI=1S/C34H22N4/c1-2-10-24(11-3-1)37-30-15-6-4-12-25(30)27-18-19-28-26-13-5-7-16-31(26)38(34(28)33(27)37)32-20-17-23(22-36-32)29-14-8-9-21-35-29/h1-22H. The number of nitrogens with zero attached hydrogens (tertiary/aromatic N) is 4. The Morgan fingerprint density at radius 1 is 0.447 bits per heavy atom. The molecule has 0 N–H and O–H groups in total. The summed E-state index contributed by atoms with van der Waals surface area (Å²) in [6.45, 7) is 0. The largest absolute Gasteiger partial charge is 0.307 e. The molecule has 4 heterocycles. The minimum Gasteiger partial charge on any atom is -0.307 e. The van der Waals surface area contributed by atoms with Gasteiger partial charge < -0.3 is 4.57 Å². The van der Waals surface area contributed by atoms with Crippen molar-refractivity contribution in [3.05, 3.63) is 134 Å². The third kappa shape index (κ3) is 2.98. The van der Waals surface area contributed by atoms with E-state index in [0.29, 0.717) is 0 Å². The third-order valence-corrected chi connectivity index (χ3v) is 7.42. The minimum atomic E-state index is 0.883. The lowest BCUT2D eigenvalue weighted by molar-refractivity contribution is 1.07. The van der Waals surface area contributed by atoms with Gasteiger partial charge in [-0.15, -0.1) is 0 Å². The van der Waals surface area contributed by atoms with E-state index in [1.165, 1.54) is 32.6 Å². The second-order valence-corrected chi connectivity index (χ2v) is 9.52. The van der Waals surface area contributed by atoms with Gasteiger partial charge in [-0.05, 0) is 48.5 Å². The molecule has 0 unspecified atom stereocenters. The Kier molecular flexibility index (Phi) is 4.49. The van der Waals surface area contributed by atoms with Crippen molar-refractivity contribution in [2.24, 2.45) is 0 Å². The van der Waals surface area contributed by atoms with Gasteiger partial charge in [0.15, 0.2) is 0 Å². The van der Waals surface area contributed by atoms with Gasteiger partial charge in [0.2, 0.25) is 0 Å². The normalized spacial score (nSPS) is 11.7. The van der Waals surface area contributed by atoms with Crippen LogP contribution in [0.1, 0.15) is 0 Å². The van der Waals surface area contributed by atoms with Gasteiger partial charge in [-0.1, -0.05) is 72.8 Å². The fraction of sp³-hybridized carbons (Fsp3) is 0. The molecule has 4 aromatic heterocycles. The molecular formula is C34H22N4. The highest BCUT2D eigenvalue weighted by atomic mass is 15.1. The SMILES string of the molecule is c1ccc(-n2c3ccccc3c3ccc4c5ccccc5n(-c5ccc(-c6ccccn6)cn5)c4c32)cc1. The number of fused-ring (bicyclic) bond motifs is 7. The van der Waals surface area contributed by atoms with E-state index >= 15 is 0 Å². The smallest absolute Gasteiger partial charge is 0.137 e. The summed E-state index contributed by atoms with van der Waals surface area (Å²) >= 11 is 0. The molecule has 0 saturated carbocycles. The molecule has 178 valence electrons. The summed E-state index contributed by atoms with van der Waals surface area (Å²) in [5, 5.41) is 4.89. The summed E-state index contributed by atoms with van der Waals surface area (Å²) in [7, 11) is 0. The molecule has 8 aromatic rings. The van der Waals surface area contributed by atoms with E-state index in [9.17, 15) is 0 Å². The molecule has 4 nitrogen and oxygen atoms in total. The van der Waals surface area contributed by atoms with Gasteiger partial charge in [-0.25, -0.2) is 4.98 Å². The van der Waals surface area contributed by atoms with E-state index < -0.39 is 0 Å². The molecule has 0 radical (unpaired) electrons. The van der Waals surface area contributed by atoms with Crippen molar-refractivity contribution in [3.8, 4) is 22.8 Å². The van der Waals surface area contributed by atoms with Crippen LogP contribution >= 0.6 is 0 Å². The van der Waals surface area contributed by atoms with E-state index in [2.05, 4.69) is 117 Å². The molecule has 0 saturated heterocycles. The Balaban J connectivity index is 1.52. The van der Waals surface area contributed by atoms with Gasteiger partial charge >= 0.3 is 0 Å². The quantitative estimate of drug-likeness (QED) is 0.252. The van der Waals surface area contributed by atoms with Crippen molar-refractivity contribution >= 4 is 43.6 Å². The van der Waals surface area contributed by atoms with Crippen LogP contribution in [-0.4, -0.2) is 19.1 Å². The number of rotatable bonds is 3. The second kappa shape index (κ2) is 8.15. The number of hydrogen-bond acceptors (Lipinski definition) is 2. The summed E-state index contributed by atoms with van der Waals surface area (Å²) in [5.74, 6) is 0.883. The number of benzene rings is 4. The predicted octanol–water partition coefficient (Wildman–Crippen LogP) is 8.34. The average molecular weight is 487 g/mol. The van der Waals surface area contributed by atoms with E-state index in [-0.39, 0.29) is 0 Å². The lowest BCUT2D eigenvalue weighted by Gasteiger charge is -2.12. The molecule has 0 aliphatic rings. The first-order valence-electron chi connectivity index (χ1n) is 12.8. The summed E-state index contributed by atoms with van der Waals surface area (Å²) in [5.41, 5.74) is 7.72. The van der Waals surface area contributed by atoms with Gasteiger partial charge in [0.05, 0.1) is 27.8 Å². The highest BCUT2D eigenvalue weighted by Crippen LogP contribution is 2.41. The Morgan fingerprint density at radius 3 is 1.74 bits per heavy atom. The van der Waals surface area contributed by atoms with Gasteiger partial charge in [0, 0.05) is 45.2 Å². The van der Waals surface area contributed by atoms with Crippen molar-refractivity contribution < 1.29 is 0 Å². The van der Waals surface area contributed by atoms with Gasteiger partial charge in [0.25, 0.3) is 0 Å². The number of aromatic nitrogens is 4. The monoisotopic (exact) mass is 486 g/mol. The molecule has 8 rings (SSSR count). The maximum atomic E-state index is 4.97. The van der Waals surface area contributed by atoms with Crippen LogP contribution in [0.3, 0.4) is 0 Å². The number of hydrogen-bond donors (Lipinski definition) is 0. The van der Waals surface area contributed by atoms with E-state index in [1.54, 1.807) is 0 Å². The van der Waals surface area contributed by atoms with E-state index in [1.807, 2.05) is 30.6 Å². The summed E-state index contributed by atoms with van der Waals surface area (Å²) in [6.07, 6.45) is 3.74. The maximum Gasteiger partial charge on any atom is 0.137 e. The molecule has 0 amide bonds. The fourth-order valence-electron chi connectivity index (χ4n) is 5.79. The Labute approximate surface area is 219 Å². The predicted molar refractivity (Wildman–Crippen MR) is 156 cm³/mol. The van der Waals surface area contributed by atoms with Crippen LogP contribution < -0.4 is 0 Å². The second-order valence-electron chi connectivity index (χ2n) is 9.52. The Hall–Kier alpha value is -5.22. The lowest BCUT2D eigenvalue weighted by Crippen LogP contribution is -2.00. The van der Waals surface area contributed by atoms with Gasteiger partial charge in [-0.2, -0.15) is 0 Å². The maximum absolute atomic E-state index is 4.97. The zero-order chi connectivity index (χ0) is 25.1. The van der Waals surface area contributed by atoms with E-state index in [0.717, 1.165) is 33.8 Å². The Morgan fingerprint density at radius 2 is 1.08 bits per heavy atom. The van der Waals surface area contributed by atoms with Crippen molar-refractivity contribution in [2.45, 2.75) is 0 Å². The molecule has 0 aliphatic heterocycles. The molecular weight excluding hydrogens is 464 g/mol. The molecule has 0 atom stereocenters. The van der Waals surface area contributed by atoms with Crippen molar-refractivity contribution in [3.63, 3.8) is 0 Å². The summed E-state index contributed by atoms with van der Waals surface area (Å²) in [6, 6.07) is 42.6. The third-order valence-electron chi connectivity index (χ3n) is 7.42. The first-order chi connectivity index (χ1) is 18.9. The first-order valence-corrected chi connectivity index (χ1v) is 12.8. The molecule has 4 heteroatoms. The van der Waals surface area contributed by atoms with Crippen LogP contribution in [0.25, 0.3) is 66.4 Å². The van der Waals surface area contributed by atoms with Crippen LogP contribution in [0.4, 0.5) is 0 Å². The molecule has 0 spiro atoms. The zero-order valence-corrected chi connectivity index (χ0v) is 20.5. The molecule has 4 aromatic carbocycles. The molecule has 38 heavy (non-hydrogen) atoms. The average Bonchev–Trinajstić information content (AvgIpc) is 3.51. The minimum absolute atomic E-state index is 0.883. The highest BCUT2D eigenvalue weighted by molar-refractivity contribution is 6.23. The van der Waals surface area contributed by atoms with Crippen molar-refractivity contribution in [1.29, 1.82) is 0 Å². The van der Waals surface area contributed by atoms with Crippen LogP contribution in [0.2, 0.25) is 0 Å². The van der Waals surface area contributed by atoms with E-state index in [4.69, 9.17) is 4.98 Å². The van der Waals surface area contributed by atoms with Crippen LogP contribution in [0.15, 0.2) is 134 Å². The summed E-state index contributed by atoms with van der Waals surface area (Å²) in [4.78, 5) is 9.48. The number of para-hydroxylation sites is 3. The van der Waals surface area contributed by atoms with Gasteiger partial charge in [0.1, 0.15) is 5.82 Å². The van der Waals surface area contributed by atoms with Crippen molar-refractivity contribution in [1.82, 2.24) is 19.1 Å².